The predicted octanol–water partition coefficient (Wildman–Crippen LogP) is 14.4. The van der Waals surface area contributed by atoms with Gasteiger partial charge in [0.25, 0.3) is 0 Å². The summed E-state index contributed by atoms with van der Waals surface area (Å²) in [5, 5.41) is 2.33. The van der Waals surface area contributed by atoms with Gasteiger partial charge in [-0.1, -0.05) is 129 Å². The van der Waals surface area contributed by atoms with Crippen molar-refractivity contribution in [3.05, 3.63) is 180 Å². The van der Waals surface area contributed by atoms with Gasteiger partial charge in [0.1, 0.15) is 24.0 Å². The number of hydrogen-bond donors (Lipinski definition) is 0. The van der Waals surface area contributed by atoms with E-state index >= 15 is 0 Å². The van der Waals surface area contributed by atoms with Crippen molar-refractivity contribution in [3.8, 4) is 50.8 Å². The summed E-state index contributed by atoms with van der Waals surface area (Å²) >= 11 is 0. The van der Waals surface area contributed by atoms with Crippen LogP contribution in [-0.2, 0) is 5.41 Å². The fourth-order valence-electron chi connectivity index (χ4n) is 9.30. The van der Waals surface area contributed by atoms with Crippen molar-refractivity contribution in [1.29, 1.82) is 0 Å². The molecule has 5 nitrogen and oxygen atoms in total. The number of aryl methyl sites for hydroxylation is 2. The van der Waals surface area contributed by atoms with E-state index in [0.29, 0.717) is 6.67 Å². The summed E-state index contributed by atoms with van der Waals surface area (Å²) in [5.41, 5.74) is 16.9. The first kappa shape index (κ1) is 35.1. The van der Waals surface area contributed by atoms with E-state index in [9.17, 15) is 0 Å². The highest BCUT2D eigenvalue weighted by atomic mass is 16.5. The van der Waals surface area contributed by atoms with E-state index in [4.69, 9.17) is 9.72 Å². The van der Waals surface area contributed by atoms with Crippen molar-refractivity contribution < 1.29 is 4.74 Å². The number of anilines is 4. The molecule has 0 fully saturated rings. The predicted molar refractivity (Wildman–Crippen MR) is 245 cm³/mol. The Hall–Kier alpha value is -7.11. The Balaban J connectivity index is 1.27. The van der Waals surface area contributed by atoms with Crippen LogP contribution >= 0.6 is 0 Å². The number of hydrogen-bond acceptors (Lipinski definition) is 4. The number of fused-ring (bicyclic) bond motifs is 20. The van der Waals surface area contributed by atoms with Crippen molar-refractivity contribution in [2.24, 2.45) is 0 Å². The normalized spacial score (nSPS) is 13.2. The third kappa shape index (κ3) is 5.79. The van der Waals surface area contributed by atoms with Crippen molar-refractivity contribution in [2.75, 3.05) is 16.5 Å². The Morgan fingerprint density at radius 2 is 1.19 bits per heavy atom. The van der Waals surface area contributed by atoms with E-state index in [1.165, 1.54) is 33.2 Å². The number of nitrogens with zero attached hydrogens (tertiary/aromatic N) is 4. The molecule has 0 radical (unpaired) electrons. The third-order valence-electron chi connectivity index (χ3n) is 12.0. The van der Waals surface area contributed by atoms with Gasteiger partial charge in [-0.05, 0) is 90.6 Å². The Morgan fingerprint density at radius 1 is 0.525 bits per heavy atom. The lowest BCUT2D eigenvalue weighted by Gasteiger charge is -2.28. The smallest absolute Gasteiger partial charge is 0.138 e. The molecule has 9 aromatic rings. The zero-order valence-electron chi connectivity index (χ0n) is 34.0. The first-order valence-electron chi connectivity index (χ1n) is 20.5. The summed E-state index contributed by atoms with van der Waals surface area (Å²) in [4.78, 5) is 10.5. The second kappa shape index (κ2) is 13.2. The van der Waals surface area contributed by atoms with Crippen LogP contribution in [0, 0.1) is 13.8 Å². The molecule has 4 heterocycles. The van der Waals surface area contributed by atoms with E-state index in [0.717, 1.165) is 78.9 Å². The standard InChI is InChI=1S/C54H44N4O/c1-34-26-35(2)28-36(27-34)41-19-13-20-46-42-16-6-7-17-43(42)47-29-37(54(3,4)5)30-52(55-47)58-48-21-9-8-18-44(48)45-25-24-40(32-51(45)58)59-39-15-12-14-38(31-39)56-33-57(53(41)46)50-23-11-10-22-49(50)56/h6-32H,33H2,1-5H3. The third-order valence-corrected chi connectivity index (χ3v) is 12.0. The zero-order valence-corrected chi connectivity index (χ0v) is 34.0. The SMILES string of the molecule is Cc1cc(C)cc(-c2cccc3c2N2CN(c4cccc(c4)Oc4ccc5c6ccccc6n(c5c4)-c4cc(C(C)(C)C)cc(n4)-c4ccccc4-3)c3ccccc32)c1. The second-order valence-electron chi connectivity index (χ2n) is 17.1. The summed E-state index contributed by atoms with van der Waals surface area (Å²) in [5.74, 6) is 2.43. The van der Waals surface area contributed by atoms with Crippen LogP contribution in [0.1, 0.15) is 37.5 Å². The highest BCUT2D eigenvalue weighted by molar-refractivity contribution is 6.09. The van der Waals surface area contributed by atoms with Crippen LogP contribution in [0.25, 0.3) is 61.1 Å². The highest BCUT2D eigenvalue weighted by Crippen LogP contribution is 2.52. The number of aromatic nitrogens is 2. The Labute approximate surface area is 345 Å². The van der Waals surface area contributed by atoms with Crippen molar-refractivity contribution >= 4 is 44.6 Å². The van der Waals surface area contributed by atoms with Crippen LogP contribution in [0.3, 0.4) is 0 Å². The van der Waals surface area contributed by atoms with Crippen LogP contribution in [0.5, 0.6) is 11.5 Å². The molecule has 0 atom stereocenters. The molecule has 0 aliphatic carbocycles. The number of benzene rings is 7. The molecule has 5 heteroatoms. The van der Waals surface area contributed by atoms with Crippen LogP contribution < -0.4 is 14.5 Å². The Kier molecular flexibility index (Phi) is 7.86. The number of para-hydroxylation sites is 4. The average molecular weight is 765 g/mol. The van der Waals surface area contributed by atoms with E-state index in [-0.39, 0.29) is 5.41 Å². The van der Waals surface area contributed by atoms with Crippen molar-refractivity contribution in [3.63, 3.8) is 0 Å². The van der Waals surface area contributed by atoms with Gasteiger partial charge in [0, 0.05) is 45.3 Å². The van der Waals surface area contributed by atoms with E-state index in [1.807, 2.05) is 6.07 Å². The maximum Gasteiger partial charge on any atom is 0.138 e. The van der Waals surface area contributed by atoms with E-state index in [2.05, 4.69) is 207 Å². The zero-order chi connectivity index (χ0) is 40.0. The lowest BCUT2D eigenvalue weighted by atomic mass is 9.85. The summed E-state index contributed by atoms with van der Waals surface area (Å²) in [6.07, 6.45) is 0. The summed E-state index contributed by atoms with van der Waals surface area (Å²) < 4.78 is 9.10. The molecule has 11 rings (SSSR count). The fraction of sp³-hybridized carbons (Fsp3) is 0.130. The van der Waals surface area contributed by atoms with Gasteiger partial charge in [-0.25, -0.2) is 4.98 Å². The van der Waals surface area contributed by atoms with Crippen LogP contribution in [0.15, 0.2) is 164 Å². The molecule has 2 aromatic heterocycles. The van der Waals surface area contributed by atoms with Gasteiger partial charge >= 0.3 is 0 Å². The molecular formula is C54H44N4O. The molecule has 2 aliphatic heterocycles. The topological polar surface area (TPSA) is 33.5 Å². The van der Waals surface area contributed by atoms with Gasteiger partial charge in [-0.3, -0.25) is 4.57 Å². The van der Waals surface area contributed by atoms with Crippen LogP contribution in [-0.4, -0.2) is 16.2 Å². The Bertz CT molecular complexity index is 3130. The largest absolute Gasteiger partial charge is 0.457 e. The molecule has 0 N–H and O–H groups in total. The maximum absolute atomic E-state index is 6.78. The second-order valence-corrected chi connectivity index (χ2v) is 17.1. The van der Waals surface area contributed by atoms with Gasteiger partial charge in [0.05, 0.1) is 33.8 Å². The molecule has 0 amide bonds. The molecule has 8 bridgehead atoms. The van der Waals surface area contributed by atoms with Crippen molar-refractivity contribution in [1.82, 2.24) is 9.55 Å². The molecule has 59 heavy (non-hydrogen) atoms. The first-order chi connectivity index (χ1) is 28.7. The molecule has 0 saturated carbocycles. The van der Waals surface area contributed by atoms with Crippen LogP contribution in [0.2, 0.25) is 0 Å². The monoisotopic (exact) mass is 764 g/mol. The lowest BCUT2D eigenvalue weighted by Crippen LogP contribution is -2.25. The summed E-state index contributed by atoms with van der Waals surface area (Å²) in [6, 6.07) is 59.4. The van der Waals surface area contributed by atoms with Gasteiger partial charge < -0.3 is 14.5 Å². The molecule has 2 aliphatic rings. The van der Waals surface area contributed by atoms with E-state index < -0.39 is 0 Å². The number of rotatable bonds is 1. The van der Waals surface area contributed by atoms with Gasteiger partial charge in [-0.15, -0.1) is 0 Å². The highest BCUT2D eigenvalue weighted by Gasteiger charge is 2.32. The molecular weight excluding hydrogens is 721 g/mol. The minimum atomic E-state index is -0.146. The molecule has 0 unspecified atom stereocenters. The lowest BCUT2D eigenvalue weighted by molar-refractivity contribution is 0.483. The molecule has 0 spiro atoms. The average Bonchev–Trinajstić information content (AvgIpc) is 3.78. The minimum Gasteiger partial charge on any atom is -0.457 e. The minimum absolute atomic E-state index is 0.146. The first-order valence-corrected chi connectivity index (χ1v) is 20.5. The molecule has 7 aromatic carbocycles. The van der Waals surface area contributed by atoms with Gasteiger partial charge in [0.15, 0.2) is 0 Å². The van der Waals surface area contributed by atoms with Gasteiger partial charge in [-0.2, -0.15) is 0 Å². The number of ether oxygens (including phenoxy) is 1. The number of pyridine rings is 1. The van der Waals surface area contributed by atoms with Crippen molar-refractivity contribution in [2.45, 2.75) is 40.0 Å². The summed E-state index contributed by atoms with van der Waals surface area (Å²) in [6.45, 7) is 11.9. The van der Waals surface area contributed by atoms with Gasteiger partial charge in [0.2, 0.25) is 0 Å². The maximum atomic E-state index is 6.78. The molecule has 0 saturated heterocycles. The van der Waals surface area contributed by atoms with E-state index in [1.54, 1.807) is 0 Å². The fourth-order valence-corrected chi connectivity index (χ4v) is 9.30. The Morgan fingerprint density at radius 3 is 2.00 bits per heavy atom. The van der Waals surface area contributed by atoms with Crippen LogP contribution in [0.4, 0.5) is 22.7 Å². The quantitative estimate of drug-likeness (QED) is 0.167. The molecule has 286 valence electrons. The summed E-state index contributed by atoms with van der Waals surface area (Å²) in [7, 11) is 0.